The largest absolute Gasteiger partial charge is 0.307 e. The minimum atomic E-state index is 0.464. The van der Waals surface area contributed by atoms with Crippen molar-refractivity contribution in [3.05, 3.63) is 35.4 Å². The Labute approximate surface area is 118 Å². The van der Waals surface area contributed by atoms with E-state index < -0.39 is 0 Å². The van der Waals surface area contributed by atoms with Crippen molar-refractivity contribution in [2.24, 2.45) is 5.92 Å². The highest BCUT2D eigenvalue weighted by Crippen LogP contribution is 2.28. The van der Waals surface area contributed by atoms with E-state index in [1.54, 1.807) is 0 Å². The summed E-state index contributed by atoms with van der Waals surface area (Å²) < 4.78 is 0. The third-order valence-corrected chi connectivity index (χ3v) is 4.64. The van der Waals surface area contributed by atoms with Crippen molar-refractivity contribution in [3.63, 3.8) is 0 Å². The fourth-order valence-corrected chi connectivity index (χ4v) is 3.35. The van der Waals surface area contributed by atoms with E-state index >= 15 is 0 Å². The monoisotopic (exact) mass is 259 g/mol. The lowest BCUT2D eigenvalue weighted by atomic mass is 9.97. The first kappa shape index (κ1) is 14.6. The van der Waals surface area contributed by atoms with Crippen LogP contribution in [0.5, 0.6) is 0 Å². The molecule has 1 heteroatoms. The molecule has 106 valence electrons. The third kappa shape index (κ3) is 4.07. The second kappa shape index (κ2) is 7.09. The summed E-state index contributed by atoms with van der Waals surface area (Å²) in [7, 11) is 0. The van der Waals surface area contributed by atoms with Crippen LogP contribution in [0.15, 0.2) is 24.3 Å². The Kier molecular flexibility index (Phi) is 5.45. The average molecular weight is 259 g/mol. The predicted molar refractivity (Wildman–Crippen MR) is 83.4 cm³/mol. The first-order valence-electron chi connectivity index (χ1n) is 8.05. The second-order valence-corrected chi connectivity index (χ2v) is 6.21. The summed E-state index contributed by atoms with van der Waals surface area (Å²) >= 11 is 0. The van der Waals surface area contributed by atoms with Crippen molar-refractivity contribution in [1.82, 2.24) is 5.32 Å². The maximum atomic E-state index is 3.79. The first-order valence-corrected chi connectivity index (χ1v) is 8.05. The van der Waals surface area contributed by atoms with E-state index in [9.17, 15) is 0 Å². The average Bonchev–Trinajstić information content (AvgIpc) is 2.94. The molecule has 0 spiro atoms. The number of nitrogens with one attached hydrogen (secondary N) is 1. The van der Waals surface area contributed by atoms with Crippen molar-refractivity contribution in [2.75, 3.05) is 0 Å². The van der Waals surface area contributed by atoms with Gasteiger partial charge in [0.2, 0.25) is 0 Å². The summed E-state index contributed by atoms with van der Waals surface area (Å²) in [6.45, 7) is 6.89. The maximum Gasteiger partial charge on any atom is 0.0294 e. The van der Waals surface area contributed by atoms with Crippen LogP contribution in [0.3, 0.4) is 0 Å². The quantitative estimate of drug-likeness (QED) is 0.768. The van der Waals surface area contributed by atoms with Gasteiger partial charge in [-0.3, -0.25) is 0 Å². The van der Waals surface area contributed by atoms with Crippen molar-refractivity contribution in [2.45, 2.75) is 71.4 Å². The van der Waals surface area contributed by atoms with Gasteiger partial charge in [-0.05, 0) is 50.2 Å². The van der Waals surface area contributed by atoms with E-state index in [0.29, 0.717) is 12.1 Å². The highest BCUT2D eigenvalue weighted by atomic mass is 14.9. The highest BCUT2D eigenvalue weighted by molar-refractivity contribution is 5.24. The molecule has 1 N–H and O–H groups in total. The summed E-state index contributed by atoms with van der Waals surface area (Å²) in [4.78, 5) is 0. The predicted octanol–water partition coefficient (Wildman–Crippen LogP) is 4.87. The van der Waals surface area contributed by atoms with Gasteiger partial charge in [-0.2, -0.15) is 0 Å². The minimum absolute atomic E-state index is 0.464. The molecule has 0 bridgehead atoms. The maximum absolute atomic E-state index is 3.79. The van der Waals surface area contributed by atoms with Gasteiger partial charge in [-0.15, -0.1) is 0 Å². The molecule has 1 fully saturated rings. The van der Waals surface area contributed by atoms with Gasteiger partial charge in [0.05, 0.1) is 0 Å². The van der Waals surface area contributed by atoms with Gasteiger partial charge in [0.15, 0.2) is 0 Å². The van der Waals surface area contributed by atoms with E-state index in [-0.39, 0.29) is 0 Å². The molecule has 1 unspecified atom stereocenters. The number of hydrogen-bond donors (Lipinski definition) is 1. The molecule has 1 aliphatic rings. The highest BCUT2D eigenvalue weighted by Gasteiger charge is 2.22. The van der Waals surface area contributed by atoms with Crippen LogP contribution in [-0.4, -0.2) is 6.04 Å². The zero-order valence-electron chi connectivity index (χ0n) is 12.8. The van der Waals surface area contributed by atoms with Gasteiger partial charge in [0, 0.05) is 12.1 Å². The molecule has 0 heterocycles. The molecule has 2 atom stereocenters. The summed E-state index contributed by atoms with van der Waals surface area (Å²) in [5, 5.41) is 3.79. The summed E-state index contributed by atoms with van der Waals surface area (Å²) in [5.41, 5.74) is 2.88. The van der Waals surface area contributed by atoms with Crippen LogP contribution in [0.1, 0.15) is 70.0 Å². The molecule has 0 radical (unpaired) electrons. The number of hydrogen-bond acceptors (Lipinski definition) is 1. The Morgan fingerprint density at radius 3 is 2.32 bits per heavy atom. The summed E-state index contributed by atoms with van der Waals surface area (Å²) in [5.74, 6) is 0.891. The van der Waals surface area contributed by atoms with Crippen molar-refractivity contribution < 1.29 is 0 Å². The molecule has 1 saturated carbocycles. The van der Waals surface area contributed by atoms with Crippen molar-refractivity contribution in [1.29, 1.82) is 0 Å². The standard InChI is InChI=1S/C18H29N/c1-4-7-16-10-12-18(13-11-16)15(3)19-14(2)17-8-5-6-9-17/h10-15,17,19H,4-9H2,1-3H3/t14-,15?/m1/s1. The van der Waals surface area contributed by atoms with Crippen molar-refractivity contribution >= 4 is 0 Å². The number of benzene rings is 1. The lowest BCUT2D eigenvalue weighted by Crippen LogP contribution is -2.34. The van der Waals surface area contributed by atoms with Crippen LogP contribution < -0.4 is 5.32 Å². The van der Waals surface area contributed by atoms with Crippen LogP contribution in [-0.2, 0) is 6.42 Å². The zero-order chi connectivity index (χ0) is 13.7. The Hall–Kier alpha value is -0.820. The van der Waals surface area contributed by atoms with Gasteiger partial charge in [0.25, 0.3) is 0 Å². The topological polar surface area (TPSA) is 12.0 Å². The molecule has 2 rings (SSSR count). The number of rotatable bonds is 6. The zero-order valence-corrected chi connectivity index (χ0v) is 12.8. The van der Waals surface area contributed by atoms with Crippen LogP contribution in [0.4, 0.5) is 0 Å². The Bertz CT molecular complexity index is 362. The Morgan fingerprint density at radius 1 is 1.11 bits per heavy atom. The van der Waals surface area contributed by atoms with E-state index in [0.717, 1.165) is 5.92 Å². The molecule has 0 saturated heterocycles. The fraction of sp³-hybridized carbons (Fsp3) is 0.667. The van der Waals surface area contributed by atoms with Gasteiger partial charge in [-0.25, -0.2) is 0 Å². The fourth-order valence-electron chi connectivity index (χ4n) is 3.35. The molecule has 0 aromatic heterocycles. The van der Waals surface area contributed by atoms with E-state index in [2.05, 4.69) is 50.4 Å². The molecular formula is C18H29N. The smallest absolute Gasteiger partial charge is 0.0294 e. The molecular weight excluding hydrogens is 230 g/mol. The number of aryl methyl sites for hydroxylation is 1. The Balaban J connectivity index is 1.89. The van der Waals surface area contributed by atoms with E-state index in [1.165, 1.54) is 49.7 Å². The molecule has 1 aromatic carbocycles. The van der Waals surface area contributed by atoms with Crippen LogP contribution >= 0.6 is 0 Å². The molecule has 1 aliphatic carbocycles. The summed E-state index contributed by atoms with van der Waals surface area (Å²) in [6, 6.07) is 10.3. The third-order valence-electron chi connectivity index (χ3n) is 4.64. The normalized spacial score (nSPS) is 19.5. The minimum Gasteiger partial charge on any atom is -0.307 e. The van der Waals surface area contributed by atoms with Crippen LogP contribution in [0, 0.1) is 5.92 Å². The lowest BCUT2D eigenvalue weighted by molar-refractivity contribution is 0.352. The van der Waals surface area contributed by atoms with Crippen LogP contribution in [0.25, 0.3) is 0 Å². The molecule has 1 aromatic rings. The van der Waals surface area contributed by atoms with Gasteiger partial charge < -0.3 is 5.32 Å². The van der Waals surface area contributed by atoms with Gasteiger partial charge in [0.1, 0.15) is 0 Å². The SMILES string of the molecule is CCCc1ccc(C(C)N[C@H](C)C2CCCC2)cc1. The Morgan fingerprint density at radius 2 is 1.74 bits per heavy atom. The first-order chi connectivity index (χ1) is 9.20. The summed E-state index contributed by atoms with van der Waals surface area (Å²) in [6.07, 6.45) is 8.10. The van der Waals surface area contributed by atoms with E-state index in [4.69, 9.17) is 0 Å². The van der Waals surface area contributed by atoms with Gasteiger partial charge in [-0.1, -0.05) is 50.5 Å². The molecule has 19 heavy (non-hydrogen) atoms. The molecule has 1 nitrogen and oxygen atoms in total. The lowest BCUT2D eigenvalue weighted by Gasteiger charge is -2.25. The van der Waals surface area contributed by atoms with Crippen LogP contribution in [0.2, 0.25) is 0 Å². The van der Waals surface area contributed by atoms with Gasteiger partial charge >= 0.3 is 0 Å². The molecule has 0 amide bonds. The van der Waals surface area contributed by atoms with Crippen molar-refractivity contribution in [3.8, 4) is 0 Å². The second-order valence-electron chi connectivity index (χ2n) is 6.21. The molecule has 0 aliphatic heterocycles. The van der Waals surface area contributed by atoms with E-state index in [1.807, 2.05) is 0 Å².